The molecule has 0 amide bonds. The van der Waals surface area contributed by atoms with E-state index < -0.39 is 0 Å². The highest BCUT2D eigenvalue weighted by Crippen LogP contribution is 2.29. The number of hydrogen-bond acceptors (Lipinski definition) is 2. The van der Waals surface area contributed by atoms with Crippen LogP contribution in [0.1, 0.15) is 39.2 Å². The molecule has 4 heteroatoms. The molecule has 0 unspecified atom stereocenters. The molecule has 1 rings (SSSR count). The molecule has 0 radical (unpaired) electrons. The van der Waals surface area contributed by atoms with Gasteiger partial charge in [0.1, 0.15) is 0 Å². The molecule has 0 aliphatic rings. The van der Waals surface area contributed by atoms with Crippen molar-refractivity contribution in [1.29, 1.82) is 0 Å². The molecular formula is C14H22Cl2N2. The Kier molecular flexibility index (Phi) is 5.77. The van der Waals surface area contributed by atoms with Gasteiger partial charge in [0.15, 0.2) is 0 Å². The molecule has 3 N–H and O–H groups in total. The van der Waals surface area contributed by atoms with E-state index >= 15 is 0 Å². The lowest BCUT2D eigenvalue weighted by molar-refractivity contribution is 0.334. The number of anilines is 1. The highest BCUT2D eigenvalue weighted by Gasteiger charge is 2.17. The minimum atomic E-state index is 0.210. The van der Waals surface area contributed by atoms with Crippen LogP contribution in [-0.4, -0.2) is 12.1 Å². The molecule has 0 aromatic heterocycles. The van der Waals surface area contributed by atoms with Crippen LogP contribution < -0.4 is 11.1 Å². The van der Waals surface area contributed by atoms with Crippen LogP contribution in [0.2, 0.25) is 10.0 Å². The smallest absolute Gasteiger partial charge is 0.0693 e. The topological polar surface area (TPSA) is 38.0 Å². The van der Waals surface area contributed by atoms with Crippen LogP contribution in [0.15, 0.2) is 12.1 Å². The fourth-order valence-electron chi connectivity index (χ4n) is 1.79. The molecule has 0 atom stereocenters. The van der Waals surface area contributed by atoms with E-state index in [-0.39, 0.29) is 5.54 Å². The molecule has 1 aromatic carbocycles. The lowest BCUT2D eigenvalue weighted by Gasteiger charge is -2.28. The predicted molar refractivity (Wildman–Crippen MR) is 81.6 cm³/mol. The number of halogens is 2. The van der Waals surface area contributed by atoms with Gasteiger partial charge in [-0.1, -0.05) is 37.0 Å². The predicted octanol–water partition coefficient (Wildman–Crippen LogP) is 4.29. The molecule has 18 heavy (non-hydrogen) atoms. The van der Waals surface area contributed by atoms with E-state index in [1.54, 1.807) is 0 Å². The summed E-state index contributed by atoms with van der Waals surface area (Å²) in [4.78, 5) is 0. The van der Waals surface area contributed by atoms with Crippen LogP contribution in [0.4, 0.5) is 5.69 Å². The fraction of sp³-hybridized carbons (Fsp3) is 0.571. The molecule has 0 heterocycles. The van der Waals surface area contributed by atoms with Crippen molar-refractivity contribution < 1.29 is 0 Å². The lowest BCUT2D eigenvalue weighted by atomic mass is 9.95. The summed E-state index contributed by atoms with van der Waals surface area (Å²) in [5.74, 6) is 0. The monoisotopic (exact) mass is 288 g/mol. The zero-order valence-electron chi connectivity index (χ0n) is 11.3. The largest absolute Gasteiger partial charge is 0.396 e. The van der Waals surface area contributed by atoms with Crippen molar-refractivity contribution in [3.8, 4) is 0 Å². The quantitative estimate of drug-likeness (QED) is 0.767. The third-order valence-corrected chi connectivity index (χ3v) is 4.29. The molecule has 1 aromatic rings. The van der Waals surface area contributed by atoms with Crippen molar-refractivity contribution in [2.75, 3.05) is 12.3 Å². The second kappa shape index (κ2) is 6.65. The SMILES string of the molecule is CCC(C)(CC)NCCc1cc(Cl)c(N)c(Cl)c1. The first-order chi connectivity index (χ1) is 8.41. The van der Waals surface area contributed by atoms with Crippen molar-refractivity contribution in [2.24, 2.45) is 0 Å². The van der Waals surface area contributed by atoms with Gasteiger partial charge < -0.3 is 11.1 Å². The van der Waals surface area contributed by atoms with Crippen LogP contribution in [0.3, 0.4) is 0 Å². The fourth-order valence-corrected chi connectivity index (χ4v) is 2.32. The van der Waals surface area contributed by atoms with Crippen LogP contribution in [0, 0.1) is 0 Å². The summed E-state index contributed by atoms with van der Waals surface area (Å²) in [6, 6.07) is 3.78. The molecule has 0 saturated heterocycles. The van der Waals surface area contributed by atoms with E-state index in [1.165, 1.54) is 0 Å². The number of hydrogen-bond donors (Lipinski definition) is 2. The molecule has 0 spiro atoms. The number of nitrogens with one attached hydrogen (secondary N) is 1. The molecule has 2 nitrogen and oxygen atoms in total. The van der Waals surface area contributed by atoms with Crippen molar-refractivity contribution in [2.45, 2.75) is 45.6 Å². The number of nitrogen functional groups attached to an aromatic ring is 1. The Morgan fingerprint density at radius 1 is 1.17 bits per heavy atom. The summed E-state index contributed by atoms with van der Waals surface area (Å²) in [5, 5.41) is 4.65. The Bertz CT molecular complexity index is 378. The molecule has 0 fully saturated rings. The molecule has 102 valence electrons. The van der Waals surface area contributed by atoms with Crippen molar-refractivity contribution in [3.63, 3.8) is 0 Å². The maximum absolute atomic E-state index is 6.01. The maximum Gasteiger partial charge on any atom is 0.0693 e. The van der Waals surface area contributed by atoms with Crippen LogP contribution >= 0.6 is 23.2 Å². The lowest BCUT2D eigenvalue weighted by Crippen LogP contribution is -2.42. The summed E-state index contributed by atoms with van der Waals surface area (Å²) in [6.45, 7) is 7.56. The normalized spacial score (nSPS) is 11.8. The van der Waals surface area contributed by atoms with E-state index in [4.69, 9.17) is 28.9 Å². The Hall–Kier alpha value is -0.440. The molecule has 0 aliphatic carbocycles. The van der Waals surface area contributed by atoms with Gasteiger partial charge in [0.05, 0.1) is 15.7 Å². The van der Waals surface area contributed by atoms with Gasteiger partial charge in [0.25, 0.3) is 0 Å². The maximum atomic E-state index is 6.01. The van der Waals surface area contributed by atoms with Gasteiger partial charge in [-0.05, 0) is 50.4 Å². The molecule has 0 aliphatic heterocycles. The van der Waals surface area contributed by atoms with Gasteiger partial charge in [-0.3, -0.25) is 0 Å². The Morgan fingerprint density at radius 3 is 2.11 bits per heavy atom. The summed E-state index contributed by atoms with van der Waals surface area (Å²) in [6.07, 6.45) is 3.13. The second-order valence-corrected chi connectivity index (χ2v) is 5.73. The zero-order chi connectivity index (χ0) is 13.8. The number of rotatable bonds is 6. The van der Waals surface area contributed by atoms with Gasteiger partial charge in [-0.15, -0.1) is 0 Å². The minimum Gasteiger partial charge on any atom is -0.396 e. The van der Waals surface area contributed by atoms with Gasteiger partial charge in [0, 0.05) is 5.54 Å². The van der Waals surface area contributed by atoms with E-state index in [0.29, 0.717) is 15.7 Å². The minimum absolute atomic E-state index is 0.210. The number of nitrogens with two attached hydrogens (primary N) is 1. The summed E-state index contributed by atoms with van der Waals surface area (Å²) < 4.78 is 0. The van der Waals surface area contributed by atoms with Crippen LogP contribution in [0.5, 0.6) is 0 Å². The Balaban J connectivity index is 2.60. The highest BCUT2D eigenvalue weighted by molar-refractivity contribution is 6.38. The van der Waals surface area contributed by atoms with E-state index in [2.05, 4.69) is 26.1 Å². The van der Waals surface area contributed by atoms with Crippen molar-refractivity contribution >= 4 is 28.9 Å². The summed E-state index contributed by atoms with van der Waals surface area (Å²) in [5.41, 5.74) is 7.49. The molecular weight excluding hydrogens is 267 g/mol. The summed E-state index contributed by atoms with van der Waals surface area (Å²) >= 11 is 12.0. The van der Waals surface area contributed by atoms with Crippen molar-refractivity contribution in [1.82, 2.24) is 5.32 Å². The van der Waals surface area contributed by atoms with E-state index in [1.807, 2.05) is 12.1 Å². The van der Waals surface area contributed by atoms with Gasteiger partial charge in [0.2, 0.25) is 0 Å². The van der Waals surface area contributed by atoms with Gasteiger partial charge >= 0.3 is 0 Å². The van der Waals surface area contributed by atoms with E-state index in [9.17, 15) is 0 Å². The average molecular weight is 289 g/mol. The zero-order valence-corrected chi connectivity index (χ0v) is 12.8. The van der Waals surface area contributed by atoms with Gasteiger partial charge in [-0.2, -0.15) is 0 Å². The van der Waals surface area contributed by atoms with Gasteiger partial charge in [-0.25, -0.2) is 0 Å². The second-order valence-electron chi connectivity index (χ2n) is 4.92. The third-order valence-electron chi connectivity index (χ3n) is 3.66. The standard InChI is InChI=1S/C14H22Cl2N2/c1-4-14(3,5-2)18-7-6-10-8-11(15)13(17)12(16)9-10/h8-9,18H,4-7,17H2,1-3H3. The Labute approximate surface area is 120 Å². The first kappa shape index (κ1) is 15.6. The van der Waals surface area contributed by atoms with E-state index in [0.717, 1.165) is 31.4 Å². The summed E-state index contributed by atoms with van der Waals surface area (Å²) in [7, 11) is 0. The van der Waals surface area contributed by atoms with Crippen LogP contribution in [-0.2, 0) is 6.42 Å². The Morgan fingerprint density at radius 2 is 1.67 bits per heavy atom. The highest BCUT2D eigenvalue weighted by atomic mass is 35.5. The van der Waals surface area contributed by atoms with Crippen molar-refractivity contribution in [3.05, 3.63) is 27.7 Å². The number of benzene rings is 1. The first-order valence-electron chi connectivity index (χ1n) is 6.40. The molecule has 0 bridgehead atoms. The molecule has 0 saturated carbocycles. The average Bonchev–Trinajstić information content (AvgIpc) is 2.35. The van der Waals surface area contributed by atoms with Crippen LogP contribution in [0.25, 0.3) is 0 Å². The third kappa shape index (κ3) is 4.04. The first-order valence-corrected chi connectivity index (χ1v) is 7.16.